The van der Waals surface area contributed by atoms with Crippen molar-refractivity contribution in [2.24, 2.45) is 4.99 Å². The Labute approximate surface area is 77.7 Å². The van der Waals surface area contributed by atoms with Crippen molar-refractivity contribution < 1.29 is 0 Å². The lowest BCUT2D eigenvalue weighted by atomic mass is 9.77. The minimum absolute atomic E-state index is 0.203. The molecule has 0 aromatic heterocycles. The van der Waals surface area contributed by atoms with Crippen LogP contribution in [0.15, 0.2) is 29.3 Å². The van der Waals surface area contributed by atoms with Crippen LogP contribution in [0, 0.1) is 0 Å². The van der Waals surface area contributed by atoms with Gasteiger partial charge in [0.1, 0.15) is 0 Å². The summed E-state index contributed by atoms with van der Waals surface area (Å²) in [5.74, 6) is 0. The topological polar surface area (TPSA) is 24.4 Å². The zero-order chi connectivity index (χ0) is 8.73. The Morgan fingerprint density at radius 3 is 2.85 bits per heavy atom. The molecule has 0 radical (unpaired) electrons. The summed E-state index contributed by atoms with van der Waals surface area (Å²) in [7, 11) is 0. The Hall–Kier alpha value is -1.31. The highest BCUT2D eigenvalue weighted by molar-refractivity contribution is 5.87. The van der Waals surface area contributed by atoms with Crippen LogP contribution in [-0.2, 0) is 0 Å². The molecule has 2 nitrogen and oxygen atoms in total. The van der Waals surface area contributed by atoms with E-state index >= 15 is 0 Å². The van der Waals surface area contributed by atoms with Gasteiger partial charge < -0.3 is 5.32 Å². The number of rotatable bonds is 0. The molecule has 2 heteroatoms. The van der Waals surface area contributed by atoms with Gasteiger partial charge in [0.25, 0.3) is 0 Å². The second-order valence-electron chi connectivity index (χ2n) is 3.91. The maximum atomic E-state index is 4.48. The Kier molecular flexibility index (Phi) is 1.29. The Balaban J connectivity index is 2.03. The number of aliphatic imine (C=N–C) groups is 1. The molecule has 0 bridgehead atoms. The van der Waals surface area contributed by atoms with Crippen LogP contribution in [0.3, 0.4) is 0 Å². The van der Waals surface area contributed by atoms with Gasteiger partial charge >= 0.3 is 0 Å². The fourth-order valence-corrected chi connectivity index (χ4v) is 2.00. The van der Waals surface area contributed by atoms with Crippen LogP contribution in [0.5, 0.6) is 0 Å². The molecule has 3 rings (SSSR count). The van der Waals surface area contributed by atoms with Gasteiger partial charge in [0.05, 0.1) is 16.9 Å². The lowest BCUT2D eigenvalue weighted by Crippen LogP contribution is -2.47. The second-order valence-corrected chi connectivity index (χ2v) is 3.91. The molecule has 0 atom stereocenters. The van der Waals surface area contributed by atoms with E-state index in [2.05, 4.69) is 28.7 Å². The van der Waals surface area contributed by atoms with E-state index in [9.17, 15) is 0 Å². The molecule has 1 heterocycles. The summed E-state index contributed by atoms with van der Waals surface area (Å²) in [5, 5.41) is 3.56. The summed E-state index contributed by atoms with van der Waals surface area (Å²) >= 11 is 0. The van der Waals surface area contributed by atoms with E-state index in [-0.39, 0.29) is 5.54 Å². The average Bonchev–Trinajstić information content (AvgIpc) is 2.15. The molecule has 2 aliphatic rings. The van der Waals surface area contributed by atoms with Gasteiger partial charge in [-0.2, -0.15) is 0 Å². The summed E-state index contributed by atoms with van der Waals surface area (Å²) in [6.45, 7) is 0. The van der Waals surface area contributed by atoms with Crippen molar-refractivity contribution in [1.82, 2.24) is 0 Å². The SMILES string of the molecule is C1=Nc2ccccc2NC12CCC2. The maximum Gasteiger partial charge on any atom is 0.0858 e. The number of nitrogens with one attached hydrogen (secondary N) is 1. The van der Waals surface area contributed by atoms with Gasteiger partial charge in [-0.15, -0.1) is 0 Å². The minimum Gasteiger partial charge on any atom is -0.373 e. The number of hydrogen-bond donors (Lipinski definition) is 1. The van der Waals surface area contributed by atoms with E-state index in [4.69, 9.17) is 0 Å². The van der Waals surface area contributed by atoms with Crippen molar-refractivity contribution in [3.05, 3.63) is 24.3 Å². The molecule has 0 amide bonds. The predicted molar refractivity (Wildman–Crippen MR) is 54.8 cm³/mol. The maximum absolute atomic E-state index is 4.48. The number of anilines is 1. The fraction of sp³-hybridized carbons (Fsp3) is 0.364. The van der Waals surface area contributed by atoms with Crippen molar-refractivity contribution in [2.75, 3.05) is 5.32 Å². The molecular weight excluding hydrogens is 160 g/mol. The molecule has 1 aromatic carbocycles. The molecule has 66 valence electrons. The van der Waals surface area contributed by atoms with Crippen molar-refractivity contribution in [1.29, 1.82) is 0 Å². The van der Waals surface area contributed by atoms with Crippen LogP contribution in [-0.4, -0.2) is 11.8 Å². The summed E-state index contributed by atoms with van der Waals surface area (Å²) in [5.41, 5.74) is 2.46. The first-order chi connectivity index (χ1) is 6.38. The third-order valence-corrected chi connectivity index (χ3v) is 2.98. The number of hydrogen-bond acceptors (Lipinski definition) is 2. The summed E-state index contributed by atoms with van der Waals surface area (Å²) in [6.07, 6.45) is 5.86. The van der Waals surface area contributed by atoms with Gasteiger partial charge in [0.15, 0.2) is 0 Å². The fourth-order valence-electron chi connectivity index (χ4n) is 2.00. The first kappa shape index (κ1) is 7.13. The van der Waals surface area contributed by atoms with Crippen LogP contribution in [0.2, 0.25) is 0 Å². The molecule has 13 heavy (non-hydrogen) atoms. The van der Waals surface area contributed by atoms with Crippen LogP contribution in [0.4, 0.5) is 11.4 Å². The van der Waals surface area contributed by atoms with Gasteiger partial charge in [0, 0.05) is 6.21 Å². The van der Waals surface area contributed by atoms with Crippen LogP contribution in [0.25, 0.3) is 0 Å². The third kappa shape index (κ3) is 0.981. The van der Waals surface area contributed by atoms with E-state index in [1.807, 2.05) is 12.1 Å². The molecule has 1 aliphatic carbocycles. The predicted octanol–water partition coefficient (Wildman–Crippen LogP) is 2.74. The summed E-state index contributed by atoms with van der Waals surface area (Å²) in [4.78, 5) is 4.48. The van der Waals surface area contributed by atoms with E-state index < -0.39 is 0 Å². The Morgan fingerprint density at radius 1 is 1.23 bits per heavy atom. The Bertz CT molecular complexity index is 364. The van der Waals surface area contributed by atoms with Crippen molar-refractivity contribution in [3.63, 3.8) is 0 Å². The Morgan fingerprint density at radius 2 is 2.08 bits per heavy atom. The van der Waals surface area contributed by atoms with Crippen LogP contribution in [0.1, 0.15) is 19.3 Å². The standard InChI is InChI=1S/C11H12N2/c1-2-5-10-9(4-1)12-8-11(13-10)6-3-7-11/h1-2,4-5,8,13H,3,6-7H2. The van der Waals surface area contributed by atoms with Gasteiger partial charge in [-0.1, -0.05) is 12.1 Å². The highest BCUT2D eigenvalue weighted by atomic mass is 15.1. The lowest BCUT2D eigenvalue weighted by Gasteiger charge is -2.42. The first-order valence-electron chi connectivity index (χ1n) is 4.80. The van der Waals surface area contributed by atoms with Crippen LogP contribution >= 0.6 is 0 Å². The molecule has 1 fully saturated rings. The van der Waals surface area contributed by atoms with Gasteiger partial charge in [-0.3, -0.25) is 4.99 Å². The number of para-hydroxylation sites is 2. The number of benzene rings is 1. The molecular formula is C11H12N2. The minimum atomic E-state index is 0.203. The smallest absolute Gasteiger partial charge is 0.0858 e. The molecule has 0 saturated heterocycles. The summed E-state index contributed by atoms with van der Waals surface area (Å²) < 4.78 is 0. The van der Waals surface area contributed by atoms with Gasteiger partial charge in [-0.25, -0.2) is 0 Å². The average molecular weight is 172 g/mol. The molecule has 1 N–H and O–H groups in total. The second kappa shape index (κ2) is 2.34. The molecule has 1 aromatic rings. The normalized spacial score (nSPS) is 21.8. The van der Waals surface area contributed by atoms with Crippen molar-refractivity contribution >= 4 is 17.6 Å². The molecule has 1 spiro atoms. The quantitative estimate of drug-likeness (QED) is 0.639. The first-order valence-corrected chi connectivity index (χ1v) is 4.80. The monoisotopic (exact) mass is 172 g/mol. The lowest BCUT2D eigenvalue weighted by molar-refractivity contribution is 0.378. The van der Waals surface area contributed by atoms with Crippen molar-refractivity contribution in [2.45, 2.75) is 24.8 Å². The molecule has 1 saturated carbocycles. The number of nitrogens with zero attached hydrogens (tertiary/aromatic N) is 1. The summed E-state index contributed by atoms with van der Waals surface area (Å²) in [6, 6.07) is 8.23. The molecule has 1 aliphatic heterocycles. The highest BCUT2D eigenvalue weighted by Crippen LogP contribution is 2.40. The van der Waals surface area contributed by atoms with E-state index in [1.165, 1.54) is 24.9 Å². The molecule has 0 unspecified atom stereocenters. The van der Waals surface area contributed by atoms with Crippen LogP contribution < -0.4 is 5.32 Å². The zero-order valence-electron chi connectivity index (χ0n) is 7.46. The van der Waals surface area contributed by atoms with Crippen molar-refractivity contribution in [3.8, 4) is 0 Å². The van der Waals surface area contributed by atoms with E-state index in [0.29, 0.717) is 0 Å². The number of fused-ring (bicyclic) bond motifs is 1. The third-order valence-electron chi connectivity index (χ3n) is 2.98. The van der Waals surface area contributed by atoms with E-state index in [0.717, 1.165) is 5.69 Å². The van der Waals surface area contributed by atoms with E-state index in [1.54, 1.807) is 0 Å². The largest absolute Gasteiger partial charge is 0.373 e. The zero-order valence-corrected chi connectivity index (χ0v) is 7.46. The van der Waals surface area contributed by atoms with Gasteiger partial charge in [-0.05, 0) is 31.4 Å². The highest BCUT2D eigenvalue weighted by Gasteiger charge is 2.37. The van der Waals surface area contributed by atoms with Gasteiger partial charge in [0.2, 0.25) is 0 Å².